The van der Waals surface area contributed by atoms with Crippen LogP contribution in [-0.4, -0.2) is 16.7 Å². The number of anilines is 1. The second-order valence-corrected chi connectivity index (χ2v) is 5.19. The molecular formula is C14H10Cl2FN3O. The molecule has 0 amide bonds. The SMILES string of the molecule is COc1ccc(-n2c(N)nc3cc(Cl)c(F)cc32)cc1Cl. The van der Waals surface area contributed by atoms with Gasteiger partial charge in [0.25, 0.3) is 0 Å². The van der Waals surface area contributed by atoms with Gasteiger partial charge in [0.2, 0.25) is 5.95 Å². The number of ether oxygens (including phenoxy) is 1. The summed E-state index contributed by atoms with van der Waals surface area (Å²) in [6.45, 7) is 0. The Labute approximate surface area is 129 Å². The van der Waals surface area contributed by atoms with E-state index in [2.05, 4.69) is 4.98 Å². The summed E-state index contributed by atoms with van der Waals surface area (Å²) in [6, 6.07) is 7.86. The van der Waals surface area contributed by atoms with Gasteiger partial charge in [-0.25, -0.2) is 9.37 Å². The zero-order valence-electron chi connectivity index (χ0n) is 10.9. The minimum atomic E-state index is -0.537. The Morgan fingerprint density at radius 2 is 1.95 bits per heavy atom. The Morgan fingerprint density at radius 3 is 2.62 bits per heavy atom. The molecule has 0 aliphatic heterocycles. The van der Waals surface area contributed by atoms with E-state index in [-0.39, 0.29) is 11.0 Å². The number of halogens is 3. The molecule has 0 unspecified atom stereocenters. The Bertz CT molecular complexity index is 848. The van der Waals surface area contributed by atoms with Crippen LogP contribution in [0.15, 0.2) is 30.3 Å². The van der Waals surface area contributed by atoms with E-state index in [0.717, 1.165) is 0 Å². The molecule has 0 bridgehead atoms. The molecule has 1 heterocycles. The fourth-order valence-corrected chi connectivity index (χ4v) is 2.57. The lowest BCUT2D eigenvalue weighted by molar-refractivity contribution is 0.415. The first kappa shape index (κ1) is 14.0. The molecule has 7 heteroatoms. The number of nitrogens with two attached hydrogens (primary N) is 1. The number of nitrogen functional groups attached to an aromatic ring is 1. The Kier molecular flexibility index (Phi) is 3.39. The van der Waals surface area contributed by atoms with Gasteiger partial charge in [-0.3, -0.25) is 4.57 Å². The quantitative estimate of drug-likeness (QED) is 0.772. The lowest BCUT2D eigenvalue weighted by atomic mass is 10.2. The van der Waals surface area contributed by atoms with Crippen LogP contribution in [0.25, 0.3) is 16.7 Å². The Balaban J connectivity index is 2.27. The van der Waals surface area contributed by atoms with Crippen molar-refractivity contribution >= 4 is 40.2 Å². The summed E-state index contributed by atoms with van der Waals surface area (Å²) in [4.78, 5) is 4.18. The number of hydrogen-bond acceptors (Lipinski definition) is 3. The van der Waals surface area contributed by atoms with E-state index < -0.39 is 5.82 Å². The molecule has 0 saturated heterocycles. The van der Waals surface area contributed by atoms with Gasteiger partial charge in [0, 0.05) is 6.07 Å². The van der Waals surface area contributed by atoms with Gasteiger partial charge >= 0.3 is 0 Å². The van der Waals surface area contributed by atoms with Crippen LogP contribution >= 0.6 is 23.2 Å². The smallest absolute Gasteiger partial charge is 0.205 e. The van der Waals surface area contributed by atoms with Crippen molar-refractivity contribution in [2.24, 2.45) is 0 Å². The van der Waals surface area contributed by atoms with Crippen LogP contribution in [0.3, 0.4) is 0 Å². The molecule has 3 rings (SSSR count). The molecule has 0 aliphatic rings. The number of imidazole rings is 1. The van der Waals surface area contributed by atoms with Gasteiger partial charge in [0.15, 0.2) is 0 Å². The maximum Gasteiger partial charge on any atom is 0.205 e. The molecule has 0 fully saturated rings. The van der Waals surface area contributed by atoms with Gasteiger partial charge < -0.3 is 10.5 Å². The summed E-state index contributed by atoms with van der Waals surface area (Å²) in [6.07, 6.45) is 0. The van der Waals surface area contributed by atoms with Crippen molar-refractivity contribution in [3.8, 4) is 11.4 Å². The molecule has 0 aliphatic carbocycles. The van der Waals surface area contributed by atoms with Crippen LogP contribution in [0.4, 0.5) is 10.3 Å². The van der Waals surface area contributed by atoms with Crippen LogP contribution in [0.5, 0.6) is 5.75 Å². The predicted octanol–water partition coefficient (Wildman–Crippen LogP) is 4.06. The molecule has 0 radical (unpaired) electrons. The van der Waals surface area contributed by atoms with Crippen LogP contribution in [0, 0.1) is 5.82 Å². The summed E-state index contributed by atoms with van der Waals surface area (Å²) in [5.41, 5.74) is 7.59. The van der Waals surface area contributed by atoms with E-state index >= 15 is 0 Å². The monoisotopic (exact) mass is 325 g/mol. The molecule has 108 valence electrons. The van der Waals surface area contributed by atoms with Crippen LogP contribution in [0.1, 0.15) is 0 Å². The fraction of sp³-hybridized carbons (Fsp3) is 0.0714. The molecule has 3 aromatic rings. The first-order valence-corrected chi connectivity index (χ1v) is 6.73. The lowest BCUT2D eigenvalue weighted by Crippen LogP contribution is -2.01. The average molecular weight is 326 g/mol. The number of fused-ring (bicyclic) bond motifs is 1. The Morgan fingerprint density at radius 1 is 1.19 bits per heavy atom. The van der Waals surface area contributed by atoms with E-state index in [0.29, 0.717) is 27.5 Å². The second kappa shape index (κ2) is 5.09. The summed E-state index contributed by atoms with van der Waals surface area (Å²) >= 11 is 11.9. The van der Waals surface area contributed by atoms with Gasteiger partial charge in [-0.2, -0.15) is 0 Å². The van der Waals surface area contributed by atoms with Gasteiger partial charge in [-0.05, 0) is 24.3 Å². The van der Waals surface area contributed by atoms with E-state index in [4.69, 9.17) is 33.7 Å². The van der Waals surface area contributed by atoms with Crippen molar-refractivity contribution in [2.45, 2.75) is 0 Å². The number of rotatable bonds is 2. The molecule has 2 N–H and O–H groups in total. The largest absolute Gasteiger partial charge is 0.495 e. The normalized spacial score (nSPS) is 11.0. The molecule has 0 atom stereocenters. The molecule has 21 heavy (non-hydrogen) atoms. The summed E-state index contributed by atoms with van der Waals surface area (Å²) in [5.74, 6) is 0.218. The van der Waals surface area contributed by atoms with Gasteiger partial charge in [-0.1, -0.05) is 23.2 Å². The third-order valence-corrected chi connectivity index (χ3v) is 3.70. The minimum absolute atomic E-state index is 0.0000803. The van der Waals surface area contributed by atoms with E-state index in [1.807, 2.05) is 0 Å². The molecule has 1 aromatic heterocycles. The van der Waals surface area contributed by atoms with Crippen LogP contribution in [-0.2, 0) is 0 Å². The first-order chi connectivity index (χ1) is 10.0. The number of aromatic nitrogens is 2. The topological polar surface area (TPSA) is 53.1 Å². The molecular weight excluding hydrogens is 316 g/mol. The van der Waals surface area contributed by atoms with E-state index in [9.17, 15) is 4.39 Å². The van der Waals surface area contributed by atoms with Crippen LogP contribution in [0.2, 0.25) is 10.0 Å². The maximum absolute atomic E-state index is 13.7. The second-order valence-electron chi connectivity index (χ2n) is 4.38. The highest BCUT2D eigenvalue weighted by molar-refractivity contribution is 6.32. The van der Waals surface area contributed by atoms with E-state index in [1.54, 1.807) is 22.8 Å². The Hall–Kier alpha value is -1.98. The number of methoxy groups -OCH3 is 1. The first-order valence-electron chi connectivity index (χ1n) is 5.98. The summed E-state index contributed by atoms with van der Waals surface area (Å²) in [7, 11) is 1.53. The van der Waals surface area contributed by atoms with Crippen molar-refractivity contribution in [1.82, 2.24) is 9.55 Å². The van der Waals surface area contributed by atoms with Crippen molar-refractivity contribution in [3.05, 3.63) is 46.2 Å². The van der Waals surface area contributed by atoms with Crippen molar-refractivity contribution in [3.63, 3.8) is 0 Å². The van der Waals surface area contributed by atoms with Crippen molar-refractivity contribution in [1.29, 1.82) is 0 Å². The zero-order chi connectivity index (χ0) is 15.1. The third kappa shape index (κ3) is 2.28. The number of hydrogen-bond donors (Lipinski definition) is 1. The molecule has 2 aromatic carbocycles. The highest BCUT2D eigenvalue weighted by atomic mass is 35.5. The summed E-state index contributed by atoms with van der Waals surface area (Å²) in [5, 5.41) is 0.422. The minimum Gasteiger partial charge on any atom is -0.495 e. The van der Waals surface area contributed by atoms with Crippen molar-refractivity contribution < 1.29 is 9.13 Å². The van der Waals surface area contributed by atoms with Crippen molar-refractivity contribution in [2.75, 3.05) is 12.8 Å². The van der Waals surface area contributed by atoms with E-state index in [1.165, 1.54) is 19.2 Å². The van der Waals surface area contributed by atoms with Gasteiger partial charge in [0.1, 0.15) is 11.6 Å². The van der Waals surface area contributed by atoms with Gasteiger partial charge in [0.05, 0.1) is 33.9 Å². The highest BCUT2D eigenvalue weighted by Crippen LogP contribution is 2.31. The number of benzene rings is 2. The average Bonchev–Trinajstić information content (AvgIpc) is 2.74. The standard InChI is InChI=1S/C14H10Cl2FN3O/c1-21-13-3-2-7(4-9(13)16)20-12-6-10(17)8(15)5-11(12)19-14(20)18/h2-6H,1H3,(H2,18,19). The molecule has 0 saturated carbocycles. The fourth-order valence-electron chi connectivity index (χ4n) is 2.16. The third-order valence-electron chi connectivity index (χ3n) is 3.12. The van der Waals surface area contributed by atoms with Crippen LogP contribution < -0.4 is 10.5 Å². The van der Waals surface area contributed by atoms with Gasteiger partial charge in [-0.15, -0.1) is 0 Å². The predicted molar refractivity (Wildman–Crippen MR) is 82.0 cm³/mol. The number of nitrogens with zero attached hydrogens (tertiary/aromatic N) is 2. The molecule has 0 spiro atoms. The summed E-state index contributed by atoms with van der Waals surface area (Å²) < 4.78 is 20.4. The highest BCUT2D eigenvalue weighted by Gasteiger charge is 2.14. The maximum atomic E-state index is 13.7. The zero-order valence-corrected chi connectivity index (χ0v) is 12.4. The lowest BCUT2D eigenvalue weighted by Gasteiger charge is -2.09. The molecule has 4 nitrogen and oxygen atoms in total.